The van der Waals surface area contributed by atoms with Crippen LogP contribution < -0.4 is 20.4 Å². The molecule has 0 aliphatic carbocycles. The maximum Gasteiger partial charge on any atom is 0.414 e. The molecule has 10 heteroatoms. The number of hydrogen-bond donors (Lipinski definition) is 2. The molecule has 8 nitrogen and oxygen atoms in total. The number of thioether (sulfide) groups is 1. The van der Waals surface area contributed by atoms with Crippen molar-refractivity contribution in [1.29, 1.82) is 0 Å². The highest BCUT2D eigenvalue weighted by Crippen LogP contribution is 2.35. The number of aromatic nitrogens is 1. The second kappa shape index (κ2) is 9.01. The lowest BCUT2D eigenvalue weighted by Crippen LogP contribution is -2.39. The van der Waals surface area contributed by atoms with E-state index < -0.39 is 0 Å². The van der Waals surface area contributed by atoms with Crippen molar-refractivity contribution in [2.75, 3.05) is 47.0 Å². The first-order valence-electron chi connectivity index (χ1n) is 11.6. The molecule has 2 saturated heterocycles. The summed E-state index contributed by atoms with van der Waals surface area (Å²) < 4.78 is 19.4. The average Bonchev–Trinajstić information content (AvgIpc) is 3.48. The van der Waals surface area contributed by atoms with Crippen molar-refractivity contribution in [2.24, 2.45) is 0 Å². The molecule has 3 aliphatic rings. The van der Waals surface area contributed by atoms with Crippen molar-refractivity contribution >= 4 is 51.7 Å². The minimum absolute atomic E-state index is 0.0405. The van der Waals surface area contributed by atoms with Gasteiger partial charge in [0, 0.05) is 53.5 Å². The molecule has 0 saturated carbocycles. The summed E-state index contributed by atoms with van der Waals surface area (Å²) in [6, 6.07) is 12.5. The van der Waals surface area contributed by atoms with Crippen LogP contribution in [-0.2, 0) is 9.53 Å². The molecule has 2 amide bonds. The molecule has 2 atom stereocenters. The van der Waals surface area contributed by atoms with Crippen molar-refractivity contribution in [3.8, 4) is 0 Å². The third-order valence-corrected chi connectivity index (χ3v) is 7.70. The van der Waals surface area contributed by atoms with Crippen molar-refractivity contribution in [1.82, 2.24) is 10.3 Å². The zero-order valence-electron chi connectivity index (χ0n) is 18.9. The van der Waals surface area contributed by atoms with Gasteiger partial charge >= 0.3 is 6.09 Å². The number of cyclic esters (lactones) is 1. The first-order chi connectivity index (χ1) is 17.0. The number of halogens is 1. The van der Waals surface area contributed by atoms with E-state index in [2.05, 4.69) is 20.5 Å². The number of amides is 2. The summed E-state index contributed by atoms with van der Waals surface area (Å²) in [5.74, 6) is 0.0909. The number of fused-ring (bicyclic) bond motifs is 2. The van der Waals surface area contributed by atoms with E-state index in [9.17, 15) is 14.0 Å². The monoisotopic (exact) mass is 493 g/mol. The summed E-state index contributed by atoms with van der Waals surface area (Å²) in [6.07, 6.45) is 2.04. The predicted octanol–water partition coefficient (Wildman–Crippen LogP) is 3.61. The molecule has 3 aromatic rings. The normalized spacial score (nSPS) is 21.9. The van der Waals surface area contributed by atoms with Crippen LogP contribution in [0, 0.1) is 5.82 Å². The Hall–Kier alpha value is -3.37. The fourth-order valence-corrected chi connectivity index (χ4v) is 5.69. The summed E-state index contributed by atoms with van der Waals surface area (Å²) >= 11 is 1.49. The van der Waals surface area contributed by atoms with Crippen LogP contribution in [0.1, 0.15) is 6.42 Å². The topological polar surface area (TPSA) is 86.8 Å². The smallest absolute Gasteiger partial charge is 0.414 e. The number of nitrogens with one attached hydrogen (secondary N) is 2. The van der Waals surface area contributed by atoms with Crippen LogP contribution in [0.3, 0.4) is 0 Å². The second-order valence-electron chi connectivity index (χ2n) is 8.97. The number of hydrogen-bond acceptors (Lipinski definition) is 7. The third kappa shape index (κ3) is 4.39. The Morgan fingerprint density at radius 3 is 3.00 bits per heavy atom. The van der Waals surface area contributed by atoms with E-state index in [1.807, 2.05) is 24.3 Å². The summed E-state index contributed by atoms with van der Waals surface area (Å²) in [7, 11) is 0. The molecule has 2 unspecified atom stereocenters. The molecule has 6 rings (SSSR count). The molecule has 0 spiro atoms. The first-order valence-corrected chi connectivity index (χ1v) is 12.6. The quantitative estimate of drug-likeness (QED) is 0.562. The molecule has 1 aromatic heterocycles. The maximum atomic E-state index is 13.8. The van der Waals surface area contributed by atoms with Crippen molar-refractivity contribution in [3.05, 3.63) is 54.5 Å². The molecule has 2 aromatic carbocycles. The Morgan fingerprint density at radius 1 is 1.17 bits per heavy atom. The molecule has 4 heterocycles. The Kier molecular flexibility index (Phi) is 5.69. The summed E-state index contributed by atoms with van der Waals surface area (Å²) in [6.45, 7) is 2.62. The SMILES string of the molecule is O=C1CSc2ccc(N3CC(CNC4CCN(c5ccnc6ccc(F)cc56)C4)OC3=O)cc2N1. The van der Waals surface area contributed by atoms with Gasteiger partial charge in [-0.2, -0.15) is 0 Å². The molecule has 3 aliphatic heterocycles. The van der Waals surface area contributed by atoms with Crippen LogP contribution in [0.25, 0.3) is 10.9 Å². The number of rotatable bonds is 5. The van der Waals surface area contributed by atoms with E-state index in [0.717, 1.165) is 46.7 Å². The molecule has 180 valence electrons. The number of anilines is 3. The van der Waals surface area contributed by atoms with Crippen LogP contribution in [0.15, 0.2) is 53.6 Å². The van der Waals surface area contributed by atoms with Crippen LogP contribution in [0.4, 0.5) is 26.2 Å². The standard InChI is InChI=1S/C25H24FN5O3S/c26-15-1-3-20-19(9-15)22(5-7-27-20)30-8-6-16(12-30)28-11-18-13-31(25(33)34-18)17-2-4-23-21(10-17)29-24(32)14-35-23/h1-5,7,9-10,16,18,28H,6,8,11-14H2,(H,29,32). The van der Waals surface area contributed by atoms with Gasteiger partial charge < -0.3 is 20.3 Å². The lowest BCUT2D eigenvalue weighted by Gasteiger charge is -2.21. The Bertz CT molecular complexity index is 1320. The van der Waals surface area contributed by atoms with Gasteiger partial charge in [-0.25, -0.2) is 9.18 Å². The lowest BCUT2D eigenvalue weighted by atomic mass is 10.1. The van der Waals surface area contributed by atoms with Gasteiger partial charge in [0.2, 0.25) is 5.91 Å². The number of carbonyl (C=O) groups excluding carboxylic acids is 2. The molecule has 35 heavy (non-hydrogen) atoms. The van der Waals surface area contributed by atoms with Crippen molar-refractivity contribution < 1.29 is 18.7 Å². The van der Waals surface area contributed by atoms with E-state index in [1.165, 1.54) is 23.9 Å². The van der Waals surface area contributed by atoms with Gasteiger partial charge in [0.05, 0.1) is 23.5 Å². The summed E-state index contributed by atoms with van der Waals surface area (Å²) in [5, 5.41) is 7.21. The summed E-state index contributed by atoms with van der Waals surface area (Å²) in [5.41, 5.74) is 3.20. The predicted molar refractivity (Wildman–Crippen MR) is 134 cm³/mol. The van der Waals surface area contributed by atoms with Crippen LogP contribution in [0.2, 0.25) is 0 Å². The number of benzene rings is 2. The Morgan fingerprint density at radius 2 is 2.09 bits per heavy atom. The Balaban J connectivity index is 1.07. The van der Waals surface area contributed by atoms with Gasteiger partial charge in [-0.05, 0) is 48.9 Å². The van der Waals surface area contributed by atoms with Gasteiger partial charge in [0.1, 0.15) is 11.9 Å². The van der Waals surface area contributed by atoms with Crippen LogP contribution in [0.5, 0.6) is 0 Å². The molecule has 0 bridgehead atoms. The van der Waals surface area contributed by atoms with E-state index in [0.29, 0.717) is 24.5 Å². The van der Waals surface area contributed by atoms with Gasteiger partial charge in [-0.1, -0.05) is 0 Å². The third-order valence-electron chi connectivity index (χ3n) is 6.63. The van der Waals surface area contributed by atoms with Gasteiger partial charge in [-0.3, -0.25) is 14.7 Å². The number of carbonyl (C=O) groups is 2. The first kappa shape index (κ1) is 22.1. The highest BCUT2D eigenvalue weighted by Gasteiger charge is 2.34. The van der Waals surface area contributed by atoms with E-state index in [1.54, 1.807) is 17.2 Å². The highest BCUT2D eigenvalue weighted by molar-refractivity contribution is 8.00. The van der Waals surface area contributed by atoms with Gasteiger partial charge in [0.15, 0.2) is 0 Å². The minimum atomic E-state index is -0.384. The fourth-order valence-electron chi connectivity index (χ4n) is 4.90. The van der Waals surface area contributed by atoms with Crippen LogP contribution in [-0.4, -0.2) is 61.1 Å². The van der Waals surface area contributed by atoms with E-state index in [-0.39, 0.29) is 30.0 Å². The molecular formula is C25H24FN5O3S. The maximum absolute atomic E-state index is 13.8. The number of ether oxygens (including phenoxy) is 1. The Labute approximate surface area is 205 Å². The highest BCUT2D eigenvalue weighted by atomic mass is 32.2. The van der Waals surface area contributed by atoms with Gasteiger partial charge in [0.25, 0.3) is 0 Å². The van der Waals surface area contributed by atoms with Crippen molar-refractivity contribution in [3.63, 3.8) is 0 Å². The number of nitrogens with zero attached hydrogens (tertiary/aromatic N) is 3. The molecular weight excluding hydrogens is 469 g/mol. The molecule has 2 N–H and O–H groups in total. The fraction of sp³-hybridized carbons (Fsp3) is 0.320. The zero-order chi connectivity index (χ0) is 23.9. The molecule has 2 fully saturated rings. The zero-order valence-corrected chi connectivity index (χ0v) is 19.7. The van der Waals surface area contributed by atoms with Gasteiger partial charge in [-0.15, -0.1) is 11.8 Å². The largest absolute Gasteiger partial charge is 0.443 e. The lowest BCUT2D eigenvalue weighted by molar-refractivity contribution is -0.113. The average molecular weight is 494 g/mol. The van der Waals surface area contributed by atoms with E-state index >= 15 is 0 Å². The number of pyridine rings is 1. The van der Waals surface area contributed by atoms with Crippen molar-refractivity contribution in [2.45, 2.75) is 23.5 Å². The minimum Gasteiger partial charge on any atom is -0.443 e. The van der Waals surface area contributed by atoms with Crippen LogP contribution >= 0.6 is 11.8 Å². The van der Waals surface area contributed by atoms with E-state index in [4.69, 9.17) is 4.74 Å². The second-order valence-corrected chi connectivity index (χ2v) is 9.98. The summed E-state index contributed by atoms with van der Waals surface area (Å²) in [4.78, 5) is 33.4. The molecule has 0 radical (unpaired) electrons.